The van der Waals surface area contributed by atoms with Crippen molar-refractivity contribution in [2.24, 2.45) is 10.7 Å². The van der Waals surface area contributed by atoms with Gasteiger partial charge in [0.15, 0.2) is 23.2 Å². The number of nitrogens with zero attached hydrogens (tertiary/aromatic N) is 1. The van der Waals surface area contributed by atoms with Crippen LogP contribution in [-0.2, 0) is 0 Å². The van der Waals surface area contributed by atoms with Gasteiger partial charge in [-0.05, 0) is 47.5 Å². The molecule has 0 unspecified atom stereocenters. The molecule has 3 rings (SSSR count). The van der Waals surface area contributed by atoms with Crippen LogP contribution in [0.15, 0.2) is 84.5 Å². The fourth-order valence-corrected chi connectivity index (χ4v) is 3.55. The minimum absolute atomic E-state index is 0.00734. The average Bonchev–Trinajstić information content (AvgIpc) is 2.89. The lowest BCUT2D eigenvalue weighted by Gasteiger charge is -2.11. The number of ether oxygens (including phenoxy) is 1. The molecule has 2 N–H and O–H groups in total. The van der Waals surface area contributed by atoms with Crippen molar-refractivity contribution < 1.29 is 22.3 Å². The zero-order valence-electron chi connectivity index (χ0n) is 19.8. The van der Waals surface area contributed by atoms with Crippen LogP contribution in [0.1, 0.15) is 25.3 Å². The summed E-state index contributed by atoms with van der Waals surface area (Å²) in [5, 5.41) is 0. The van der Waals surface area contributed by atoms with Crippen LogP contribution in [-0.4, -0.2) is 12.8 Å². The molecule has 0 aliphatic rings. The summed E-state index contributed by atoms with van der Waals surface area (Å²) in [6, 6.07) is 11.5. The van der Waals surface area contributed by atoms with Crippen LogP contribution in [0.5, 0.6) is 5.75 Å². The van der Waals surface area contributed by atoms with Crippen molar-refractivity contribution in [2.45, 2.75) is 19.8 Å². The van der Waals surface area contributed by atoms with E-state index in [4.69, 9.17) is 10.5 Å². The Bertz CT molecular complexity index is 1330. The van der Waals surface area contributed by atoms with E-state index >= 15 is 0 Å². The number of benzene rings is 3. The Hall–Kier alpha value is -4.13. The zero-order chi connectivity index (χ0) is 26.2. The Kier molecular flexibility index (Phi) is 8.84. The van der Waals surface area contributed by atoms with Crippen LogP contribution in [0.4, 0.5) is 17.6 Å². The Balaban J connectivity index is 1.87. The fourth-order valence-electron chi connectivity index (χ4n) is 3.55. The molecule has 0 aliphatic heterocycles. The molecule has 7 heteroatoms. The summed E-state index contributed by atoms with van der Waals surface area (Å²) in [4.78, 5) is 4.12. The summed E-state index contributed by atoms with van der Waals surface area (Å²) >= 11 is 0. The molecule has 0 fully saturated rings. The van der Waals surface area contributed by atoms with Crippen molar-refractivity contribution in [1.82, 2.24) is 0 Å². The molecule has 0 radical (unpaired) electrons. The summed E-state index contributed by atoms with van der Waals surface area (Å²) in [6.45, 7) is 9.21. The lowest BCUT2D eigenvalue weighted by Crippen LogP contribution is -1.99. The third-order valence-electron chi connectivity index (χ3n) is 5.44. The number of hydrogen-bond donors (Lipinski definition) is 1. The third kappa shape index (κ3) is 5.74. The van der Waals surface area contributed by atoms with Crippen molar-refractivity contribution in [3.63, 3.8) is 0 Å². The van der Waals surface area contributed by atoms with E-state index in [9.17, 15) is 17.6 Å². The predicted molar refractivity (Wildman–Crippen MR) is 138 cm³/mol. The Morgan fingerprint density at radius 3 is 2.03 bits per heavy atom. The molecule has 3 nitrogen and oxygen atoms in total. The molecule has 0 heterocycles. The van der Waals surface area contributed by atoms with Crippen LogP contribution in [0.2, 0.25) is 0 Å². The van der Waals surface area contributed by atoms with E-state index in [-0.39, 0.29) is 34.7 Å². The molecule has 0 atom stereocenters. The molecule has 0 spiro atoms. The van der Waals surface area contributed by atoms with Gasteiger partial charge in [-0.25, -0.2) is 13.2 Å². The first-order valence-electron chi connectivity index (χ1n) is 11.3. The van der Waals surface area contributed by atoms with Crippen molar-refractivity contribution in [2.75, 3.05) is 6.61 Å². The maximum atomic E-state index is 15.0. The summed E-state index contributed by atoms with van der Waals surface area (Å²) in [5.74, 6) is -4.57. The largest absolute Gasteiger partial charge is 0.486 e. The van der Waals surface area contributed by atoms with E-state index in [0.29, 0.717) is 17.5 Å². The molecule has 3 aromatic rings. The molecule has 0 saturated heterocycles. The Morgan fingerprint density at radius 1 is 0.889 bits per heavy atom. The maximum Gasteiger partial charge on any atom is 0.201 e. The van der Waals surface area contributed by atoms with Gasteiger partial charge < -0.3 is 10.5 Å². The fraction of sp³-hybridized carbons (Fsp3) is 0.138. The lowest BCUT2D eigenvalue weighted by atomic mass is 9.98. The van der Waals surface area contributed by atoms with Crippen LogP contribution < -0.4 is 10.5 Å². The number of halogens is 4. The molecule has 0 amide bonds. The standard InChI is InChI=1S/C29H26F4N2O/c1-4-6-19(16-34)17-35-18(3)22-11-12-23(27(31)26(22)30)20-7-9-21(10-8-20)24-13-14-25(36-15-5-2)29(33)28(24)32/h5,7-14,16-17H,2-4,6,15,34H2,1H3/b19-16-,35-17?. The first kappa shape index (κ1) is 26.5. The predicted octanol–water partition coefficient (Wildman–Crippen LogP) is 7.83. The maximum absolute atomic E-state index is 15.0. The normalized spacial score (nSPS) is 11.6. The smallest absolute Gasteiger partial charge is 0.201 e. The van der Waals surface area contributed by atoms with Gasteiger partial charge in [0, 0.05) is 22.9 Å². The average molecular weight is 495 g/mol. The van der Waals surface area contributed by atoms with Crippen LogP contribution in [0, 0.1) is 23.3 Å². The van der Waals surface area contributed by atoms with Gasteiger partial charge in [0.25, 0.3) is 0 Å². The molecule has 0 aliphatic carbocycles. The first-order chi connectivity index (χ1) is 17.3. The topological polar surface area (TPSA) is 47.6 Å². The molecule has 36 heavy (non-hydrogen) atoms. The summed E-state index contributed by atoms with van der Waals surface area (Å²) < 4.78 is 63.8. The van der Waals surface area contributed by atoms with Crippen molar-refractivity contribution >= 4 is 11.9 Å². The van der Waals surface area contributed by atoms with Gasteiger partial charge in [0.05, 0.1) is 5.70 Å². The SMILES string of the molecule is C=CCOc1ccc(-c2ccc(-c3ccc(C(=C)N=C/C(=C\N)CCC)c(F)c3F)cc2)c(F)c1F. The summed E-state index contributed by atoms with van der Waals surface area (Å²) in [6.07, 6.45) is 5.87. The summed E-state index contributed by atoms with van der Waals surface area (Å²) in [5.41, 5.74) is 7.02. The van der Waals surface area contributed by atoms with E-state index in [0.717, 1.165) is 12.0 Å². The minimum atomic E-state index is -1.12. The van der Waals surface area contributed by atoms with Crippen molar-refractivity contribution in [3.8, 4) is 28.0 Å². The third-order valence-corrected chi connectivity index (χ3v) is 5.44. The van der Waals surface area contributed by atoms with E-state index in [2.05, 4.69) is 18.2 Å². The Morgan fingerprint density at radius 2 is 1.47 bits per heavy atom. The highest BCUT2D eigenvalue weighted by atomic mass is 19.2. The van der Waals surface area contributed by atoms with Crippen LogP contribution in [0.3, 0.4) is 0 Å². The Labute approximate surface area is 208 Å². The van der Waals surface area contributed by atoms with Crippen LogP contribution in [0.25, 0.3) is 28.0 Å². The second kappa shape index (κ2) is 12.0. The van der Waals surface area contributed by atoms with Gasteiger partial charge in [0.1, 0.15) is 6.61 Å². The highest BCUT2D eigenvalue weighted by Gasteiger charge is 2.18. The summed E-state index contributed by atoms with van der Waals surface area (Å²) in [7, 11) is 0. The first-order valence-corrected chi connectivity index (χ1v) is 11.3. The minimum Gasteiger partial charge on any atom is -0.486 e. The van der Waals surface area contributed by atoms with Crippen molar-refractivity contribution in [1.29, 1.82) is 0 Å². The van der Waals surface area contributed by atoms with E-state index < -0.39 is 23.3 Å². The molecule has 0 saturated carbocycles. The van der Waals surface area contributed by atoms with Gasteiger partial charge in [-0.1, -0.05) is 62.9 Å². The van der Waals surface area contributed by atoms with E-state index in [1.165, 1.54) is 67.0 Å². The number of rotatable bonds is 10. The highest BCUT2D eigenvalue weighted by Crippen LogP contribution is 2.33. The number of allylic oxidation sites excluding steroid dienone is 1. The molecule has 3 aromatic carbocycles. The molecule has 0 bridgehead atoms. The highest BCUT2D eigenvalue weighted by molar-refractivity contribution is 5.84. The second-order valence-electron chi connectivity index (χ2n) is 7.90. The van der Waals surface area contributed by atoms with Gasteiger partial charge in [-0.3, -0.25) is 4.99 Å². The van der Waals surface area contributed by atoms with E-state index in [1.54, 1.807) is 0 Å². The number of hydrogen-bond acceptors (Lipinski definition) is 3. The molecule has 0 aromatic heterocycles. The van der Waals surface area contributed by atoms with Gasteiger partial charge in [0.2, 0.25) is 5.82 Å². The number of aliphatic imine (C=N–C) groups is 1. The van der Waals surface area contributed by atoms with Crippen molar-refractivity contribution in [3.05, 3.63) is 108 Å². The zero-order valence-corrected chi connectivity index (χ0v) is 19.8. The van der Waals surface area contributed by atoms with Gasteiger partial charge in [-0.2, -0.15) is 4.39 Å². The van der Waals surface area contributed by atoms with Crippen LogP contribution >= 0.6 is 0 Å². The van der Waals surface area contributed by atoms with Gasteiger partial charge >= 0.3 is 0 Å². The molecular weight excluding hydrogens is 468 g/mol. The quantitative estimate of drug-likeness (QED) is 0.177. The van der Waals surface area contributed by atoms with Gasteiger partial charge in [-0.15, -0.1) is 0 Å². The number of nitrogens with two attached hydrogens (primary N) is 1. The molecule has 186 valence electrons. The molecular formula is C29H26F4N2O. The second-order valence-corrected chi connectivity index (χ2v) is 7.90. The lowest BCUT2D eigenvalue weighted by molar-refractivity contribution is 0.333. The monoisotopic (exact) mass is 494 g/mol. The van der Waals surface area contributed by atoms with E-state index in [1.807, 2.05) is 6.92 Å².